The molecule has 0 amide bonds. The number of benzene rings is 1. The van der Waals surface area contributed by atoms with Gasteiger partial charge < -0.3 is 9.80 Å². The van der Waals surface area contributed by atoms with E-state index in [-0.39, 0.29) is 0 Å². The Kier molecular flexibility index (Phi) is 3.93. The van der Waals surface area contributed by atoms with Gasteiger partial charge in [0, 0.05) is 55.0 Å². The average molecular weight is 378 g/mol. The fourth-order valence-corrected chi connectivity index (χ4v) is 4.05. The lowest BCUT2D eigenvalue weighted by molar-refractivity contribution is 0.637. The van der Waals surface area contributed by atoms with Gasteiger partial charge in [0.15, 0.2) is 5.82 Å². The number of hydrogen-bond donors (Lipinski definition) is 0. The van der Waals surface area contributed by atoms with Crippen LogP contribution >= 0.6 is 11.5 Å². The van der Waals surface area contributed by atoms with E-state index in [4.69, 9.17) is 4.98 Å². The second-order valence-electron chi connectivity index (χ2n) is 6.47. The number of rotatable bonds is 3. The third-order valence-corrected chi connectivity index (χ3v) is 5.46. The largest absolute Gasteiger partial charge is 0.353 e. The third kappa shape index (κ3) is 2.99. The smallest absolute Gasteiger partial charge is 0.254 e. The van der Waals surface area contributed by atoms with Crippen LogP contribution in [0.3, 0.4) is 0 Å². The molecule has 1 saturated heterocycles. The standard InChI is InChI=1S/C18H18N8S/c1-13-11-15(26-17(21-13)19-12-20-26)24-7-9-25(10-8-24)18-22-16(23-27-18)14-5-3-2-4-6-14/h2-6,11-12H,7-10H2,1H3. The summed E-state index contributed by atoms with van der Waals surface area (Å²) in [6, 6.07) is 12.2. The minimum Gasteiger partial charge on any atom is -0.353 e. The number of aryl methyl sites for hydroxylation is 1. The molecule has 9 heteroatoms. The summed E-state index contributed by atoms with van der Waals surface area (Å²) in [5.74, 6) is 2.48. The first-order chi connectivity index (χ1) is 13.3. The number of anilines is 2. The molecule has 0 spiro atoms. The molecule has 0 radical (unpaired) electrons. The van der Waals surface area contributed by atoms with Crippen LogP contribution in [0.4, 0.5) is 10.9 Å². The Morgan fingerprint density at radius 3 is 2.56 bits per heavy atom. The van der Waals surface area contributed by atoms with E-state index < -0.39 is 0 Å². The molecule has 27 heavy (non-hydrogen) atoms. The first kappa shape index (κ1) is 16.1. The lowest BCUT2D eigenvalue weighted by Gasteiger charge is -2.35. The Balaban J connectivity index is 1.33. The Bertz CT molecular complexity index is 1070. The maximum Gasteiger partial charge on any atom is 0.254 e. The van der Waals surface area contributed by atoms with Gasteiger partial charge in [0.05, 0.1) is 0 Å². The molecule has 0 N–H and O–H groups in total. The van der Waals surface area contributed by atoms with Crippen LogP contribution in [0.5, 0.6) is 0 Å². The van der Waals surface area contributed by atoms with Crippen LogP contribution in [0.25, 0.3) is 17.2 Å². The number of aromatic nitrogens is 6. The molecule has 1 aromatic carbocycles. The second kappa shape index (κ2) is 6.58. The van der Waals surface area contributed by atoms with E-state index in [2.05, 4.69) is 35.3 Å². The van der Waals surface area contributed by atoms with Crippen molar-refractivity contribution in [1.29, 1.82) is 0 Å². The van der Waals surface area contributed by atoms with Gasteiger partial charge in [-0.25, -0.2) is 4.98 Å². The highest BCUT2D eigenvalue weighted by Crippen LogP contribution is 2.26. The number of piperazine rings is 1. The van der Waals surface area contributed by atoms with E-state index in [1.54, 1.807) is 10.8 Å². The summed E-state index contributed by atoms with van der Waals surface area (Å²) in [5.41, 5.74) is 2.00. The SMILES string of the molecule is Cc1cc(N2CCN(c3nc(-c4ccccc4)ns3)CC2)n2ncnc2n1. The van der Waals surface area contributed by atoms with Crippen molar-refractivity contribution in [1.82, 2.24) is 28.9 Å². The monoisotopic (exact) mass is 378 g/mol. The lowest BCUT2D eigenvalue weighted by Crippen LogP contribution is -2.47. The molecule has 3 aromatic heterocycles. The lowest BCUT2D eigenvalue weighted by atomic mass is 10.2. The Morgan fingerprint density at radius 1 is 0.963 bits per heavy atom. The first-order valence-electron chi connectivity index (χ1n) is 8.84. The van der Waals surface area contributed by atoms with E-state index in [0.29, 0.717) is 5.78 Å². The van der Waals surface area contributed by atoms with Crippen molar-refractivity contribution in [3.63, 3.8) is 0 Å². The molecule has 1 fully saturated rings. The molecule has 4 aromatic rings. The predicted molar refractivity (Wildman–Crippen MR) is 105 cm³/mol. The summed E-state index contributed by atoms with van der Waals surface area (Å²) in [6.45, 7) is 5.54. The van der Waals surface area contributed by atoms with Crippen LogP contribution in [0.2, 0.25) is 0 Å². The fraction of sp³-hybridized carbons (Fsp3) is 0.278. The van der Waals surface area contributed by atoms with Crippen LogP contribution < -0.4 is 9.80 Å². The van der Waals surface area contributed by atoms with E-state index in [0.717, 1.165) is 54.2 Å². The molecular weight excluding hydrogens is 360 g/mol. The maximum atomic E-state index is 4.73. The summed E-state index contributed by atoms with van der Waals surface area (Å²) in [7, 11) is 0. The molecule has 0 unspecified atom stereocenters. The van der Waals surface area contributed by atoms with Crippen molar-refractivity contribution < 1.29 is 0 Å². The predicted octanol–water partition coefficient (Wildman–Crippen LogP) is 2.28. The topological polar surface area (TPSA) is 75.3 Å². The van der Waals surface area contributed by atoms with E-state index in [1.807, 2.05) is 37.3 Å². The molecule has 0 atom stereocenters. The molecule has 1 aliphatic heterocycles. The highest BCUT2D eigenvalue weighted by Gasteiger charge is 2.22. The fourth-order valence-electron chi connectivity index (χ4n) is 3.31. The van der Waals surface area contributed by atoms with Gasteiger partial charge >= 0.3 is 0 Å². The Hall–Kier alpha value is -3.07. The van der Waals surface area contributed by atoms with E-state index >= 15 is 0 Å². The van der Waals surface area contributed by atoms with Gasteiger partial charge in [0.25, 0.3) is 5.78 Å². The maximum absolute atomic E-state index is 4.73. The second-order valence-corrected chi connectivity index (χ2v) is 7.20. The number of fused-ring (bicyclic) bond motifs is 1. The first-order valence-corrected chi connectivity index (χ1v) is 9.62. The van der Waals surface area contributed by atoms with Gasteiger partial charge in [-0.2, -0.15) is 24.0 Å². The van der Waals surface area contributed by atoms with Crippen LogP contribution in [-0.2, 0) is 0 Å². The summed E-state index contributed by atoms with van der Waals surface area (Å²) in [4.78, 5) is 18.0. The van der Waals surface area contributed by atoms with Crippen LogP contribution in [0.1, 0.15) is 5.69 Å². The van der Waals surface area contributed by atoms with Crippen molar-refractivity contribution in [2.24, 2.45) is 0 Å². The minimum atomic E-state index is 0.643. The Labute approximate surface area is 160 Å². The summed E-state index contributed by atoms with van der Waals surface area (Å²) >= 11 is 1.46. The van der Waals surface area contributed by atoms with Gasteiger partial charge in [-0.15, -0.1) is 0 Å². The van der Waals surface area contributed by atoms with Gasteiger partial charge in [-0.1, -0.05) is 30.3 Å². The van der Waals surface area contributed by atoms with Crippen molar-refractivity contribution in [3.8, 4) is 11.4 Å². The Morgan fingerprint density at radius 2 is 1.74 bits per heavy atom. The molecule has 0 aliphatic carbocycles. The highest BCUT2D eigenvalue weighted by atomic mass is 32.1. The number of hydrogen-bond acceptors (Lipinski definition) is 8. The van der Waals surface area contributed by atoms with Crippen molar-refractivity contribution >= 4 is 28.3 Å². The quantitative estimate of drug-likeness (QED) is 0.541. The van der Waals surface area contributed by atoms with Crippen LogP contribution in [0.15, 0.2) is 42.7 Å². The molecule has 8 nitrogen and oxygen atoms in total. The zero-order valence-corrected chi connectivity index (χ0v) is 15.7. The average Bonchev–Trinajstić information content (AvgIpc) is 3.38. The van der Waals surface area contributed by atoms with Crippen molar-refractivity contribution in [2.75, 3.05) is 36.0 Å². The molecule has 5 rings (SSSR count). The van der Waals surface area contributed by atoms with Gasteiger partial charge in [-0.3, -0.25) is 0 Å². The summed E-state index contributed by atoms with van der Waals surface area (Å²) < 4.78 is 6.34. The summed E-state index contributed by atoms with van der Waals surface area (Å²) in [5, 5.41) is 5.29. The molecular formula is C18H18N8S. The van der Waals surface area contributed by atoms with Gasteiger partial charge in [-0.05, 0) is 6.92 Å². The third-order valence-electron chi connectivity index (χ3n) is 4.68. The zero-order chi connectivity index (χ0) is 18.2. The molecule has 1 aliphatic rings. The molecule has 0 bridgehead atoms. The number of nitrogens with zero attached hydrogens (tertiary/aromatic N) is 8. The van der Waals surface area contributed by atoms with Crippen LogP contribution in [0, 0.1) is 6.92 Å². The zero-order valence-electron chi connectivity index (χ0n) is 14.9. The van der Waals surface area contributed by atoms with Crippen LogP contribution in [-0.4, -0.2) is 55.1 Å². The van der Waals surface area contributed by atoms with Crippen molar-refractivity contribution in [3.05, 3.63) is 48.4 Å². The van der Waals surface area contributed by atoms with E-state index in [9.17, 15) is 0 Å². The minimum absolute atomic E-state index is 0.643. The van der Waals surface area contributed by atoms with Crippen molar-refractivity contribution in [2.45, 2.75) is 6.92 Å². The van der Waals surface area contributed by atoms with Gasteiger partial charge in [0.1, 0.15) is 12.1 Å². The normalized spacial score (nSPS) is 14.9. The van der Waals surface area contributed by atoms with E-state index in [1.165, 1.54) is 11.5 Å². The highest BCUT2D eigenvalue weighted by molar-refractivity contribution is 7.09. The van der Waals surface area contributed by atoms with Gasteiger partial charge in [0.2, 0.25) is 5.13 Å². The molecule has 136 valence electrons. The molecule has 0 saturated carbocycles. The molecule has 4 heterocycles. The summed E-state index contributed by atoms with van der Waals surface area (Å²) in [6.07, 6.45) is 1.55.